The second kappa shape index (κ2) is 7.15. The molecule has 2 heterocycles. The molecule has 1 N–H and O–H groups in total. The van der Waals surface area contributed by atoms with Crippen LogP contribution in [-0.4, -0.2) is 28.9 Å². The number of benzene rings is 1. The zero-order valence-corrected chi connectivity index (χ0v) is 15.3. The summed E-state index contributed by atoms with van der Waals surface area (Å²) in [5.74, 6) is 0.00304. The van der Waals surface area contributed by atoms with E-state index in [2.05, 4.69) is 10.3 Å². The van der Waals surface area contributed by atoms with Gasteiger partial charge in [-0.05, 0) is 50.1 Å². The minimum atomic E-state index is -1.65. The lowest BCUT2D eigenvalue weighted by molar-refractivity contribution is -0.145. The fourth-order valence-electron chi connectivity index (χ4n) is 2.92. The van der Waals surface area contributed by atoms with Crippen LogP contribution in [0.3, 0.4) is 0 Å². The summed E-state index contributed by atoms with van der Waals surface area (Å²) in [7, 11) is 0. The quantitative estimate of drug-likeness (QED) is 0.837. The maximum atomic E-state index is 13.1. The van der Waals surface area contributed by atoms with Crippen LogP contribution in [0.5, 0.6) is 5.75 Å². The Morgan fingerprint density at radius 1 is 1.31 bits per heavy atom. The van der Waals surface area contributed by atoms with Crippen LogP contribution in [-0.2, 0) is 9.59 Å². The lowest BCUT2D eigenvalue weighted by Gasteiger charge is -2.38. The zero-order chi connectivity index (χ0) is 18.7. The number of pyridine rings is 1. The van der Waals surface area contributed by atoms with Crippen LogP contribution in [0, 0.1) is 6.92 Å². The van der Waals surface area contributed by atoms with Gasteiger partial charge in [0, 0.05) is 18.4 Å². The van der Waals surface area contributed by atoms with Gasteiger partial charge in [0.2, 0.25) is 0 Å². The fourth-order valence-corrected chi connectivity index (χ4v) is 2.92. The summed E-state index contributed by atoms with van der Waals surface area (Å²) in [5, 5.41) is 2.80. The molecule has 0 aliphatic carbocycles. The minimum absolute atomic E-state index is 0.401. The number of aromatic nitrogens is 1. The van der Waals surface area contributed by atoms with Gasteiger partial charge in [-0.1, -0.05) is 25.5 Å². The molecule has 1 atom stereocenters. The van der Waals surface area contributed by atoms with Gasteiger partial charge >= 0.3 is 0 Å². The summed E-state index contributed by atoms with van der Waals surface area (Å²) >= 11 is 0. The van der Waals surface area contributed by atoms with Gasteiger partial charge in [0.15, 0.2) is 11.6 Å². The SMILES string of the molecule is CCCCN1C(=O)C(C)(C(=O)Nc2cccc(C)c2)Oc2cccnc21. The van der Waals surface area contributed by atoms with Crippen LogP contribution in [0.25, 0.3) is 0 Å². The normalized spacial score (nSPS) is 18.9. The van der Waals surface area contributed by atoms with Crippen molar-refractivity contribution in [2.24, 2.45) is 0 Å². The summed E-state index contributed by atoms with van der Waals surface area (Å²) in [4.78, 5) is 31.9. The maximum Gasteiger partial charge on any atom is 0.282 e. The first-order chi connectivity index (χ1) is 12.5. The summed E-state index contributed by atoms with van der Waals surface area (Å²) in [6.07, 6.45) is 3.36. The molecule has 6 heteroatoms. The van der Waals surface area contributed by atoms with E-state index in [1.54, 1.807) is 29.3 Å². The van der Waals surface area contributed by atoms with E-state index in [-0.39, 0.29) is 0 Å². The summed E-state index contributed by atoms with van der Waals surface area (Å²) in [6.45, 7) is 5.99. The smallest absolute Gasteiger partial charge is 0.282 e. The molecule has 0 spiro atoms. The number of aryl methyl sites for hydroxylation is 1. The number of carbonyl (C=O) groups excluding carboxylic acids is 2. The van der Waals surface area contributed by atoms with Crippen molar-refractivity contribution in [3.63, 3.8) is 0 Å². The number of carbonyl (C=O) groups is 2. The molecule has 0 fully saturated rings. The third kappa shape index (κ3) is 3.27. The Labute approximate surface area is 153 Å². The van der Waals surface area contributed by atoms with Gasteiger partial charge in [0.05, 0.1) is 0 Å². The number of amides is 2. The van der Waals surface area contributed by atoms with Crippen molar-refractivity contribution in [2.75, 3.05) is 16.8 Å². The van der Waals surface area contributed by atoms with E-state index in [0.29, 0.717) is 23.8 Å². The predicted molar refractivity (Wildman–Crippen MR) is 100 cm³/mol. The lowest BCUT2D eigenvalue weighted by atomic mass is 10.0. The van der Waals surface area contributed by atoms with Gasteiger partial charge in [0.25, 0.3) is 17.4 Å². The molecular formula is C20H23N3O3. The Bertz CT molecular complexity index is 837. The number of nitrogens with zero attached hydrogens (tertiary/aromatic N) is 2. The van der Waals surface area contributed by atoms with Gasteiger partial charge < -0.3 is 10.1 Å². The first kappa shape index (κ1) is 17.9. The molecule has 26 heavy (non-hydrogen) atoms. The molecule has 6 nitrogen and oxygen atoms in total. The van der Waals surface area contributed by atoms with Crippen molar-refractivity contribution in [1.82, 2.24) is 4.98 Å². The molecule has 0 radical (unpaired) electrons. The molecule has 1 aromatic carbocycles. The van der Waals surface area contributed by atoms with Gasteiger partial charge in [0.1, 0.15) is 0 Å². The Morgan fingerprint density at radius 3 is 2.85 bits per heavy atom. The monoisotopic (exact) mass is 353 g/mol. The van der Waals surface area contributed by atoms with Crippen LogP contribution >= 0.6 is 0 Å². The van der Waals surface area contributed by atoms with Crippen LogP contribution in [0.4, 0.5) is 11.5 Å². The van der Waals surface area contributed by atoms with Crippen molar-refractivity contribution in [3.05, 3.63) is 48.2 Å². The van der Waals surface area contributed by atoms with Crippen LogP contribution < -0.4 is 15.0 Å². The molecule has 0 saturated carbocycles. The van der Waals surface area contributed by atoms with E-state index in [1.807, 2.05) is 32.0 Å². The highest BCUT2D eigenvalue weighted by Crippen LogP contribution is 2.36. The van der Waals surface area contributed by atoms with E-state index < -0.39 is 17.4 Å². The number of unbranched alkanes of at least 4 members (excludes halogenated alkanes) is 1. The third-order valence-corrected chi connectivity index (χ3v) is 4.42. The maximum absolute atomic E-state index is 13.1. The Balaban J connectivity index is 1.92. The number of ether oxygens (including phenoxy) is 1. The van der Waals surface area contributed by atoms with Crippen LogP contribution in [0.1, 0.15) is 32.3 Å². The van der Waals surface area contributed by atoms with Crippen molar-refractivity contribution < 1.29 is 14.3 Å². The average molecular weight is 353 g/mol. The highest BCUT2D eigenvalue weighted by Gasteiger charge is 2.51. The number of rotatable bonds is 5. The first-order valence-corrected chi connectivity index (χ1v) is 8.80. The van der Waals surface area contributed by atoms with E-state index >= 15 is 0 Å². The number of fused-ring (bicyclic) bond motifs is 1. The zero-order valence-electron chi connectivity index (χ0n) is 15.3. The average Bonchev–Trinajstić information content (AvgIpc) is 2.62. The van der Waals surface area contributed by atoms with Gasteiger partial charge in [-0.25, -0.2) is 4.98 Å². The van der Waals surface area contributed by atoms with E-state index in [4.69, 9.17) is 4.74 Å². The molecule has 0 saturated heterocycles. The van der Waals surface area contributed by atoms with Gasteiger partial charge in [-0.15, -0.1) is 0 Å². The molecule has 3 rings (SSSR count). The topological polar surface area (TPSA) is 71.5 Å². The second-order valence-electron chi connectivity index (χ2n) is 6.59. The highest BCUT2D eigenvalue weighted by atomic mass is 16.5. The predicted octanol–water partition coefficient (Wildman–Crippen LogP) is 3.31. The van der Waals surface area contributed by atoms with Crippen molar-refractivity contribution in [1.29, 1.82) is 0 Å². The fraction of sp³-hybridized carbons (Fsp3) is 0.350. The Kier molecular flexibility index (Phi) is 4.93. The molecule has 1 unspecified atom stereocenters. The van der Waals surface area contributed by atoms with Crippen molar-refractivity contribution in [3.8, 4) is 5.75 Å². The number of hydrogen-bond acceptors (Lipinski definition) is 4. The molecular weight excluding hydrogens is 330 g/mol. The second-order valence-corrected chi connectivity index (χ2v) is 6.59. The highest BCUT2D eigenvalue weighted by molar-refractivity contribution is 6.19. The van der Waals surface area contributed by atoms with E-state index in [9.17, 15) is 9.59 Å². The summed E-state index contributed by atoms with van der Waals surface area (Å²) < 4.78 is 5.84. The van der Waals surface area contributed by atoms with E-state index in [0.717, 1.165) is 18.4 Å². The summed E-state index contributed by atoms with van der Waals surface area (Å²) in [6, 6.07) is 10.9. The molecule has 1 aliphatic rings. The molecule has 1 aliphatic heterocycles. The first-order valence-electron chi connectivity index (χ1n) is 8.80. The number of hydrogen-bond donors (Lipinski definition) is 1. The van der Waals surface area contributed by atoms with Crippen LogP contribution in [0.2, 0.25) is 0 Å². The van der Waals surface area contributed by atoms with Gasteiger partial charge in [-0.2, -0.15) is 0 Å². The van der Waals surface area contributed by atoms with Crippen LogP contribution in [0.15, 0.2) is 42.6 Å². The molecule has 2 aromatic rings. The van der Waals surface area contributed by atoms with E-state index in [1.165, 1.54) is 6.92 Å². The van der Waals surface area contributed by atoms with Crippen molar-refractivity contribution in [2.45, 2.75) is 39.2 Å². The number of nitrogens with one attached hydrogen (secondary N) is 1. The largest absolute Gasteiger partial charge is 0.464 e. The minimum Gasteiger partial charge on any atom is -0.464 e. The van der Waals surface area contributed by atoms with Crippen molar-refractivity contribution >= 4 is 23.3 Å². The van der Waals surface area contributed by atoms with Gasteiger partial charge in [-0.3, -0.25) is 14.5 Å². The Hall–Kier alpha value is -2.89. The summed E-state index contributed by atoms with van der Waals surface area (Å²) in [5.41, 5.74) is 0.000681. The Morgan fingerprint density at radius 2 is 2.12 bits per heavy atom. The molecule has 1 aromatic heterocycles. The number of anilines is 2. The standard InChI is InChI=1S/C20H23N3O3/c1-4-5-12-23-17-16(10-7-11-21-17)26-20(3,19(23)25)18(24)22-15-9-6-8-14(2)13-15/h6-11,13H,4-5,12H2,1-3H3,(H,22,24). The molecule has 0 bridgehead atoms. The third-order valence-electron chi connectivity index (χ3n) is 4.42. The lowest BCUT2D eigenvalue weighted by Crippen LogP contribution is -2.61. The molecule has 136 valence electrons. The molecule has 2 amide bonds.